The van der Waals surface area contributed by atoms with Crippen molar-refractivity contribution in [1.29, 1.82) is 0 Å². The summed E-state index contributed by atoms with van der Waals surface area (Å²) in [7, 11) is 0. The second-order valence-corrected chi connectivity index (χ2v) is 7.56. The number of Topliss-reactive ketones (excluding diaryl/α,β-unsaturated/α-hetero) is 1. The van der Waals surface area contributed by atoms with Crippen LogP contribution in [0.4, 0.5) is 5.69 Å². The van der Waals surface area contributed by atoms with Gasteiger partial charge in [-0.25, -0.2) is 0 Å². The van der Waals surface area contributed by atoms with E-state index in [1.54, 1.807) is 54.6 Å². The maximum absolute atomic E-state index is 12.3. The van der Waals surface area contributed by atoms with Gasteiger partial charge in [0.05, 0.1) is 17.0 Å². The standard InChI is InChI=1S/C25H22ClNO4/c1-16-7-8-18(15-17(16)2)23(28)13-14-24(29)31-20-11-9-19(10-12-20)27-25(30)21-5-3-4-6-22(21)26/h3-12,15H,13-14H2,1-2H3,(H,27,30). The van der Waals surface area contributed by atoms with E-state index in [9.17, 15) is 14.4 Å². The molecule has 1 amide bonds. The number of ketones is 1. The van der Waals surface area contributed by atoms with Crippen LogP contribution < -0.4 is 10.1 Å². The van der Waals surface area contributed by atoms with Gasteiger partial charge in [0.25, 0.3) is 5.91 Å². The molecule has 0 aliphatic carbocycles. The van der Waals surface area contributed by atoms with Gasteiger partial charge in [-0.15, -0.1) is 0 Å². The van der Waals surface area contributed by atoms with Crippen molar-refractivity contribution in [2.24, 2.45) is 0 Å². The second-order valence-electron chi connectivity index (χ2n) is 7.15. The molecule has 0 atom stereocenters. The van der Waals surface area contributed by atoms with Crippen molar-refractivity contribution in [3.05, 3.63) is 94.0 Å². The van der Waals surface area contributed by atoms with Crippen molar-refractivity contribution in [3.63, 3.8) is 0 Å². The summed E-state index contributed by atoms with van der Waals surface area (Å²) in [6, 6.07) is 18.6. The lowest BCUT2D eigenvalue weighted by atomic mass is 10.0. The van der Waals surface area contributed by atoms with E-state index >= 15 is 0 Å². The molecular weight excluding hydrogens is 414 g/mol. The molecule has 0 spiro atoms. The third kappa shape index (κ3) is 6.03. The van der Waals surface area contributed by atoms with Crippen LogP contribution in [0.2, 0.25) is 5.02 Å². The van der Waals surface area contributed by atoms with Gasteiger partial charge in [0.1, 0.15) is 5.75 Å². The lowest BCUT2D eigenvalue weighted by Gasteiger charge is -2.08. The van der Waals surface area contributed by atoms with Gasteiger partial charge in [-0.2, -0.15) is 0 Å². The third-order valence-electron chi connectivity index (χ3n) is 4.85. The maximum Gasteiger partial charge on any atom is 0.311 e. The van der Waals surface area contributed by atoms with Crippen LogP contribution in [0.15, 0.2) is 66.7 Å². The molecule has 0 radical (unpaired) electrons. The number of hydrogen-bond donors (Lipinski definition) is 1. The summed E-state index contributed by atoms with van der Waals surface area (Å²) in [6.45, 7) is 3.93. The first-order valence-electron chi connectivity index (χ1n) is 9.80. The SMILES string of the molecule is Cc1ccc(C(=O)CCC(=O)Oc2ccc(NC(=O)c3ccccc3Cl)cc2)cc1C. The van der Waals surface area contributed by atoms with Gasteiger partial charge in [0.15, 0.2) is 5.78 Å². The summed E-state index contributed by atoms with van der Waals surface area (Å²) < 4.78 is 5.28. The van der Waals surface area contributed by atoms with Crippen molar-refractivity contribution in [3.8, 4) is 5.75 Å². The number of aryl methyl sites for hydroxylation is 2. The highest BCUT2D eigenvalue weighted by Crippen LogP contribution is 2.20. The fourth-order valence-electron chi connectivity index (χ4n) is 2.91. The predicted molar refractivity (Wildman–Crippen MR) is 121 cm³/mol. The van der Waals surface area contributed by atoms with E-state index in [2.05, 4.69) is 5.32 Å². The molecule has 1 N–H and O–H groups in total. The Balaban J connectivity index is 1.51. The summed E-state index contributed by atoms with van der Waals surface area (Å²) in [5, 5.41) is 3.10. The van der Waals surface area contributed by atoms with Crippen LogP contribution in [0.1, 0.15) is 44.7 Å². The first-order chi connectivity index (χ1) is 14.8. The van der Waals surface area contributed by atoms with Gasteiger partial charge in [-0.05, 0) is 67.4 Å². The van der Waals surface area contributed by atoms with Crippen LogP contribution >= 0.6 is 11.6 Å². The Morgan fingerprint density at radius 3 is 2.26 bits per heavy atom. The minimum atomic E-state index is -0.495. The third-order valence-corrected chi connectivity index (χ3v) is 5.18. The Labute approximate surface area is 186 Å². The number of carbonyl (C=O) groups is 3. The number of nitrogens with one attached hydrogen (secondary N) is 1. The monoisotopic (exact) mass is 435 g/mol. The zero-order chi connectivity index (χ0) is 22.4. The number of ether oxygens (including phenoxy) is 1. The van der Waals surface area contributed by atoms with E-state index in [0.717, 1.165) is 11.1 Å². The highest BCUT2D eigenvalue weighted by Gasteiger charge is 2.13. The molecule has 0 aliphatic heterocycles. The van der Waals surface area contributed by atoms with Gasteiger partial charge in [0, 0.05) is 17.7 Å². The van der Waals surface area contributed by atoms with E-state index in [0.29, 0.717) is 27.6 Å². The van der Waals surface area contributed by atoms with Crippen LogP contribution in [0.3, 0.4) is 0 Å². The average Bonchev–Trinajstić information content (AvgIpc) is 2.75. The summed E-state index contributed by atoms with van der Waals surface area (Å²) in [4.78, 5) is 36.7. The topological polar surface area (TPSA) is 72.5 Å². The Morgan fingerprint density at radius 2 is 1.58 bits per heavy atom. The average molecular weight is 436 g/mol. The lowest BCUT2D eigenvalue weighted by molar-refractivity contribution is -0.134. The number of rotatable bonds is 7. The summed E-state index contributed by atoms with van der Waals surface area (Å²) in [6.07, 6.45) is 0.0596. The molecule has 3 aromatic carbocycles. The molecular formula is C25H22ClNO4. The molecule has 158 valence electrons. The molecule has 5 nitrogen and oxygen atoms in total. The molecule has 31 heavy (non-hydrogen) atoms. The van der Waals surface area contributed by atoms with E-state index in [1.165, 1.54) is 0 Å². The Morgan fingerprint density at radius 1 is 0.871 bits per heavy atom. The Bertz CT molecular complexity index is 1120. The molecule has 0 aliphatic rings. The number of benzene rings is 3. The Hall–Kier alpha value is -3.44. The van der Waals surface area contributed by atoms with Gasteiger partial charge in [-0.1, -0.05) is 35.9 Å². The van der Waals surface area contributed by atoms with Crippen LogP contribution in [0.25, 0.3) is 0 Å². The van der Waals surface area contributed by atoms with Gasteiger partial charge < -0.3 is 10.1 Å². The molecule has 3 rings (SSSR count). The summed E-state index contributed by atoms with van der Waals surface area (Å²) in [5.74, 6) is -0.595. The molecule has 0 aromatic heterocycles. The Kier molecular flexibility index (Phi) is 7.21. The first kappa shape index (κ1) is 22.2. The van der Waals surface area contributed by atoms with Crippen LogP contribution in [-0.2, 0) is 4.79 Å². The first-order valence-corrected chi connectivity index (χ1v) is 10.2. The zero-order valence-corrected chi connectivity index (χ0v) is 18.0. The van der Waals surface area contributed by atoms with E-state index in [-0.39, 0.29) is 24.5 Å². The molecule has 0 unspecified atom stereocenters. The fourth-order valence-corrected chi connectivity index (χ4v) is 3.13. The lowest BCUT2D eigenvalue weighted by Crippen LogP contribution is -2.13. The predicted octanol–water partition coefficient (Wildman–Crippen LogP) is 5.78. The number of anilines is 1. The number of hydrogen-bond acceptors (Lipinski definition) is 4. The van der Waals surface area contributed by atoms with E-state index in [4.69, 9.17) is 16.3 Å². The van der Waals surface area contributed by atoms with E-state index < -0.39 is 5.97 Å². The molecule has 0 fully saturated rings. The van der Waals surface area contributed by atoms with Crippen molar-refractivity contribution < 1.29 is 19.1 Å². The fraction of sp³-hybridized carbons (Fsp3) is 0.160. The maximum atomic E-state index is 12.3. The van der Waals surface area contributed by atoms with Crippen LogP contribution in [0.5, 0.6) is 5.75 Å². The van der Waals surface area contributed by atoms with Gasteiger partial charge in [0.2, 0.25) is 0 Å². The van der Waals surface area contributed by atoms with E-state index in [1.807, 2.05) is 26.0 Å². The van der Waals surface area contributed by atoms with Crippen molar-refractivity contribution in [2.45, 2.75) is 26.7 Å². The number of amides is 1. The number of esters is 1. The smallest absolute Gasteiger partial charge is 0.311 e. The number of halogens is 1. The van der Waals surface area contributed by atoms with Crippen molar-refractivity contribution in [2.75, 3.05) is 5.32 Å². The minimum Gasteiger partial charge on any atom is -0.427 e. The van der Waals surface area contributed by atoms with Crippen molar-refractivity contribution in [1.82, 2.24) is 0 Å². The highest BCUT2D eigenvalue weighted by molar-refractivity contribution is 6.34. The largest absolute Gasteiger partial charge is 0.427 e. The summed E-state index contributed by atoms with van der Waals surface area (Å²) >= 11 is 6.03. The minimum absolute atomic E-state index is 0.0171. The van der Waals surface area contributed by atoms with Crippen molar-refractivity contribution >= 4 is 34.9 Å². The molecule has 6 heteroatoms. The number of carbonyl (C=O) groups excluding carboxylic acids is 3. The van der Waals surface area contributed by atoms with Crippen LogP contribution in [-0.4, -0.2) is 17.7 Å². The van der Waals surface area contributed by atoms with Gasteiger partial charge in [-0.3, -0.25) is 14.4 Å². The highest BCUT2D eigenvalue weighted by atomic mass is 35.5. The second kappa shape index (κ2) is 10.0. The zero-order valence-electron chi connectivity index (χ0n) is 17.3. The molecule has 0 saturated carbocycles. The molecule has 0 saturated heterocycles. The normalized spacial score (nSPS) is 10.4. The molecule has 3 aromatic rings. The molecule has 0 heterocycles. The van der Waals surface area contributed by atoms with Gasteiger partial charge >= 0.3 is 5.97 Å². The molecule has 0 bridgehead atoms. The van der Waals surface area contributed by atoms with Crippen LogP contribution in [0, 0.1) is 13.8 Å². The quantitative estimate of drug-likeness (QED) is 0.290. The summed E-state index contributed by atoms with van der Waals surface area (Å²) in [5.41, 5.74) is 3.65.